The van der Waals surface area contributed by atoms with Gasteiger partial charge in [-0.1, -0.05) is 23.7 Å². The SMILES string of the molecule is Cc1cc(OCC(=O)N[C@H](Cc2ccc(Cl)cc2)C(=O)[O-])c2c3c(c(=O)oc2c1)CCCC3. The molecule has 0 unspecified atom stereocenters. The van der Waals surface area contributed by atoms with E-state index in [-0.39, 0.29) is 12.0 Å². The number of ether oxygens (including phenoxy) is 1. The zero-order valence-electron chi connectivity index (χ0n) is 18.1. The number of hydrogen-bond acceptors (Lipinski definition) is 6. The van der Waals surface area contributed by atoms with Crippen LogP contribution < -0.4 is 20.8 Å². The van der Waals surface area contributed by atoms with Gasteiger partial charge in [0.15, 0.2) is 6.61 Å². The number of carbonyl (C=O) groups is 2. The van der Waals surface area contributed by atoms with Crippen molar-refractivity contribution in [3.63, 3.8) is 0 Å². The molecule has 7 nitrogen and oxygen atoms in total. The maximum absolute atomic E-state index is 12.5. The van der Waals surface area contributed by atoms with E-state index < -0.39 is 24.5 Å². The fourth-order valence-electron chi connectivity index (χ4n) is 4.21. The molecule has 1 aliphatic carbocycles. The molecule has 33 heavy (non-hydrogen) atoms. The number of carboxylic acid groups (broad SMARTS) is 1. The van der Waals surface area contributed by atoms with Gasteiger partial charge in [0.05, 0.1) is 17.4 Å². The smallest absolute Gasteiger partial charge is 0.339 e. The van der Waals surface area contributed by atoms with Gasteiger partial charge in [0.2, 0.25) is 0 Å². The monoisotopic (exact) mass is 468 g/mol. The van der Waals surface area contributed by atoms with Crippen molar-refractivity contribution in [1.82, 2.24) is 5.32 Å². The summed E-state index contributed by atoms with van der Waals surface area (Å²) in [6.07, 6.45) is 3.32. The highest BCUT2D eigenvalue weighted by Crippen LogP contribution is 2.34. The maximum atomic E-state index is 12.5. The van der Waals surface area contributed by atoms with Crippen LogP contribution in [-0.2, 0) is 28.9 Å². The normalized spacial score (nSPS) is 13.9. The molecule has 0 fully saturated rings. The Kier molecular flexibility index (Phi) is 6.70. The summed E-state index contributed by atoms with van der Waals surface area (Å²) in [4.78, 5) is 36.5. The number of carboxylic acids is 1. The molecule has 0 saturated heterocycles. The van der Waals surface area contributed by atoms with Gasteiger partial charge in [0.1, 0.15) is 11.3 Å². The second-order valence-electron chi connectivity index (χ2n) is 8.25. The molecule has 1 aliphatic rings. The largest absolute Gasteiger partial charge is 0.548 e. The lowest BCUT2D eigenvalue weighted by molar-refractivity contribution is -0.308. The second kappa shape index (κ2) is 9.67. The zero-order valence-corrected chi connectivity index (χ0v) is 18.9. The van der Waals surface area contributed by atoms with E-state index in [1.165, 1.54) is 0 Å². The number of halogens is 1. The molecule has 1 amide bonds. The second-order valence-corrected chi connectivity index (χ2v) is 8.68. The molecule has 0 saturated carbocycles. The molecule has 0 radical (unpaired) electrons. The van der Waals surface area contributed by atoms with Gasteiger partial charge < -0.3 is 24.4 Å². The molecule has 1 atom stereocenters. The van der Waals surface area contributed by atoms with Crippen molar-refractivity contribution in [3.05, 3.63) is 74.1 Å². The van der Waals surface area contributed by atoms with Gasteiger partial charge in [-0.3, -0.25) is 4.79 Å². The fourth-order valence-corrected chi connectivity index (χ4v) is 4.34. The van der Waals surface area contributed by atoms with Crippen LogP contribution in [-0.4, -0.2) is 24.5 Å². The number of carbonyl (C=O) groups excluding carboxylic acids is 2. The van der Waals surface area contributed by atoms with Crippen LogP contribution in [0.15, 0.2) is 45.6 Å². The Morgan fingerprint density at radius 2 is 1.85 bits per heavy atom. The van der Waals surface area contributed by atoms with Crippen molar-refractivity contribution < 1.29 is 23.8 Å². The Hall–Kier alpha value is -3.32. The highest BCUT2D eigenvalue weighted by molar-refractivity contribution is 6.30. The van der Waals surface area contributed by atoms with Crippen LogP contribution >= 0.6 is 11.6 Å². The van der Waals surface area contributed by atoms with Gasteiger partial charge >= 0.3 is 5.63 Å². The van der Waals surface area contributed by atoms with E-state index >= 15 is 0 Å². The van der Waals surface area contributed by atoms with Crippen LogP contribution in [0.5, 0.6) is 5.75 Å². The summed E-state index contributed by atoms with van der Waals surface area (Å²) in [5, 5.41) is 15.2. The molecule has 0 spiro atoms. The Balaban J connectivity index is 1.52. The van der Waals surface area contributed by atoms with Gasteiger partial charge in [-0.2, -0.15) is 0 Å². The summed E-state index contributed by atoms with van der Waals surface area (Å²) in [6.45, 7) is 1.45. The lowest BCUT2D eigenvalue weighted by Gasteiger charge is -2.21. The van der Waals surface area contributed by atoms with Gasteiger partial charge in [-0.05, 0) is 80.0 Å². The summed E-state index contributed by atoms with van der Waals surface area (Å²) in [5.74, 6) is -1.56. The minimum absolute atomic E-state index is 0.0529. The minimum atomic E-state index is -1.39. The number of nitrogens with one attached hydrogen (secondary N) is 1. The number of hydrogen-bond donors (Lipinski definition) is 1. The standard InChI is InChI=1S/C25H24ClNO6/c1-14-10-20(23-17-4-2-3-5-18(17)25(31)33-21(23)11-14)32-13-22(28)27-19(24(29)30)12-15-6-8-16(26)9-7-15/h6-11,19H,2-5,12-13H2,1H3,(H,27,28)(H,29,30)/p-1/t19-/m1/s1. The van der Waals surface area contributed by atoms with Crippen LogP contribution in [0.1, 0.15) is 35.1 Å². The van der Waals surface area contributed by atoms with Crippen LogP contribution in [0.3, 0.4) is 0 Å². The number of amides is 1. The molecule has 1 aromatic heterocycles. The molecule has 4 rings (SSSR count). The van der Waals surface area contributed by atoms with Gasteiger partial charge in [-0.25, -0.2) is 4.79 Å². The van der Waals surface area contributed by atoms with Gasteiger partial charge in [0.25, 0.3) is 5.91 Å². The first kappa shape index (κ1) is 22.9. The lowest BCUT2D eigenvalue weighted by Crippen LogP contribution is -2.50. The number of fused-ring (bicyclic) bond motifs is 3. The van der Waals surface area contributed by atoms with E-state index in [0.717, 1.165) is 30.4 Å². The van der Waals surface area contributed by atoms with Crippen molar-refractivity contribution in [2.75, 3.05) is 6.61 Å². The van der Waals surface area contributed by atoms with E-state index in [1.807, 2.05) is 6.92 Å². The fraction of sp³-hybridized carbons (Fsp3) is 0.320. The molecule has 8 heteroatoms. The van der Waals surface area contributed by atoms with Crippen molar-refractivity contribution >= 4 is 34.4 Å². The number of aryl methyl sites for hydroxylation is 2. The van der Waals surface area contributed by atoms with E-state index in [1.54, 1.807) is 36.4 Å². The Morgan fingerprint density at radius 3 is 2.55 bits per heavy atom. The average Bonchev–Trinajstić information content (AvgIpc) is 2.78. The summed E-state index contributed by atoms with van der Waals surface area (Å²) in [6, 6.07) is 9.02. The zero-order chi connectivity index (χ0) is 23.5. The van der Waals surface area contributed by atoms with Crippen LogP contribution in [0.2, 0.25) is 5.02 Å². The first-order valence-electron chi connectivity index (χ1n) is 10.8. The summed E-state index contributed by atoms with van der Waals surface area (Å²) in [5.41, 5.74) is 3.16. The van der Waals surface area contributed by atoms with Gasteiger partial charge in [0, 0.05) is 10.6 Å². The van der Waals surface area contributed by atoms with E-state index in [0.29, 0.717) is 39.3 Å². The molecule has 0 bridgehead atoms. The van der Waals surface area contributed by atoms with Crippen LogP contribution in [0, 0.1) is 6.92 Å². The third-order valence-electron chi connectivity index (χ3n) is 5.76. The van der Waals surface area contributed by atoms with Crippen molar-refractivity contribution in [2.24, 2.45) is 0 Å². The van der Waals surface area contributed by atoms with Crippen LogP contribution in [0.4, 0.5) is 0 Å². The molecule has 172 valence electrons. The van der Waals surface area contributed by atoms with Gasteiger partial charge in [-0.15, -0.1) is 0 Å². The molecule has 3 aromatic rings. The molecule has 1 heterocycles. The van der Waals surface area contributed by atoms with Crippen LogP contribution in [0.25, 0.3) is 11.0 Å². The Morgan fingerprint density at radius 1 is 1.15 bits per heavy atom. The molecule has 1 N–H and O–H groups in total. The van der Waals surface area contributed by atoms with E-state index in [2.05, 4.69) is 5.32 Å². The highest BCUT2D eigenvalue weighted by Gasteiger charge is 2.22. The quantitative estimate of drug-likeness (QED) is 0.534. The topological polar surface area (TPSA) is 109 Å². The maximum Gasteiger partial charge on any atom is 0.339 e. The predicted octanol–water partition coefficient (Wildman–Crippen LogP) is 2.49. The number of benzene rings is 2. The first-order valence-corrected chi connectivity index (χ1v) is 11.2. The third-order valence-corrected chi connectivity index (χ3v) is 6.01. The average molecular weight is 469 g/mol. The molecular weight excluding hydrogens is 446 g/mol. The predicted molar refractivity (Wildman–Crippen MR) is 121 cm³/mol. The highest BCUT2D eigenvalue weighted by atomic mass is 35.5. The Bertz CT molecular complexity index is 1260. The van der Waals surface area contributed by atoms with E-state index in [4.69, 9.17) is 20.8 Å². The molecule has 0 aliphatic heterocycles. The number of aliphatic carboxylic acids is 1. The molecular formula is C25H23ClNO6-. The van der Waals surface area contributed by atoms with Crippen molar-refractivity contribution in [3.8, 4) is 5.75 Å². The lowest BCUT2D eigenvalue weighted by atomic mass is 9.90. The summed E-state index contributed by atoms with van der Waals surface area (Å²) in [7, 11) is 0. The summed E-state index contributed by atoms with van der Waals surface area (Å²) < 4.78 is 11.3. The number of rotatable bonds is 7. The minimum Gasteiger partial charge on any atom is -0.548 e. The molecule has 2 aromatic carbocycles. The Labute approximate surface area is 195 Å². The van der Waals surface area contributed by atoms with E-state index in [9.17, 15) is 19.5 Å². The first-order chi connectivity index (χ1) is 15.8. The van der Waals surface area contributed by atoms with Crippen molar-refractivity contribution in [2.45, 2.75) is 45.1 Å². The summed E-state index contributed by atoms with van der Waals surface area (Å²) >= 11 is 5.86. The van der Waals surface area contributed by atoms with Crippen molar-refractivity contribution in [1.29, 1.82) is 0 Å². The third kappa shape index (κ3) is 5.20.